The summed E-state index contributed by atoms with van der Waals surface area (Å²) in [5.41, 5.74) is 0. The number of carbonyl (C=O) groups is 2. The number of rotatable bonds is 6. The molecular formula is C18H24FN3O3. The average molecular weight is 349 g/mol. The van der Waals surface area contributed by atoms with Crippen LogP contribution in [0.5, 0.6) is 5.75 Å². The van der Waals surface area contributed by atoms with Crippen LogP contribution in [0.1, 0.15) is 6.42 Å². The van der Waals surface area contributed by atoms with E-state index in [1.54, 1.807) is 21.9 Å². The zero-order valence-electron chi connectivity index (χ0n) is 14.7. The average Bonchev–Trinajstić information content (AvgIpc) is 2.91. The van der Waals surface area contributed by atoms with Gasteiger partial charge in [-0.05, 0) is 38.4 Å². The van der Waals surface area contributed by atoms with E-state index in [1.807, 2.05) is 19.0 Å². The van der Waals surface area contributed by atoms with Crippen molar-refractivity contribution in [2.75, 3.05) is 46.8 Å². The van der Waals surface area contributed by atoms with Crippen LogP contribution in [0, 0.1) is 11.7 Å². The van der Waals surface area contributed by atoms with E-state index in [4.69, 9.17) is 4.74 Å². The second-order valence-corrected chi connectivity index (χ2v) is 6.98. The summed E-state index contributed by atoms with van der Waals surface area (Å²) in [6.07, 6.45) is 0.225. The van der Waals surface area contributed by atoms with Crippen LogP contribution in [0.15, 0.2) is 24.3 Å². The van der Waals surface area contributed by atoms with Crippen molar-refractivity contribution in [1.82, 2.24) is 14.7 Å². The van der Waals surface area contributed by atoms with E-state index in [1.165, 1.54) is 12.1 Å². The van der Waals surface area contributed by atoms with Gasteiger partial charge in [-0.3, -0.25) is 9.59 Å². The van der Waals surface area contributed by atoms with Crippen molar-refractivity contribution in [3.05, 3.63) is 30.1 Å². The van der Waals surface area contributed by atoms with Crippen LogP contribution < -0.4 is 4.74 Å². The molecule has 2 saturated heterocycles. The maximum atomic E-state index is 12.9. The van der Waals surface area contributed by atoms with Gasteiger partial charge in [-0.1, -0.05) is 0 Å². The number of amides is 2. The Bertz CT molecular complexity index is 629. The minimum Gasteiger partial charge on any atom is -0.487 e. The van der Waals surface area contributed by atoms with Gasteiger partial charge in [-0.2, -0.15) is 0 Å². The maximum absolute atomic E-state index is 12.9. The lowest BCUT2D eigenvalue weighted by atomic mass is 10.0. The maximum Gasteiger partial charge on any atom is 0.228 e. The molecule has 136 valence electrons. The van der Waals surface area contributed by atoms with E-state index in [0.717, 1.165) is 6.54 Å². The molecular weight excluding hydrogens is 325 g/mol. The Labute approximate surface area is 147 Å². The standard InChI is InChI=1S/C18H24FN3O3/c1-20(2)7-8-21-10-13(9-17(21)23)18(24)22-11-16(12-22)25-15-5-3-14(19)4-6-15/h3-6,13,16H,7-12H2,1-2H3. The minimum atomic E-state index is -0.303. The molecule has 0 bridgehead atoms. The Morgan fingerprint density at radius 3 is 2.56 bits per heavy atom. The number of hydrogen-bond donors (Lipinski definition) is 0. The highest BCUT2D eigenvalue weighted by Gasteiger charge is 2.40. The first-order valence-corrected chi connectivity index (χ1v) is 8.56. The Kier molecular flexibility index (Phi) is 5.22. The normalized spacial score (nSPS) is 21.0. The van der Waals surface area contributed by atoms with Crippen molar-refractivity contribution in [3.8, 4) is 5.75 Å². The summed E-state index contributed by atoms with van der Waals surface area (Å²) < 4.78 is 18.6. The summed E-state index contributed by atoms with van der Waals surface area (Å²) in [7, 11) is 3.93. The zero-order chi connectivity index (χ0) is 18.0. The largest absolute Gasteiger partial charge is 0.487 e. The molecule has 6 nitrogen and oxygen atoms in total. The van der Waals surface area contributed by atoms with Crippen LogP contribution >= 0.6 is 0 Å². The second kappa shape index (κ2) is 7.39. The summed E-state index contributed by atoms with van der Waals surface area (Å²) in [6, 6.07) is 5.86. The highest BCUT2D eigenvalue weighted by molar-refractivity contribution is 5.89. The third-order valence-electron chi connectivity index (χ3n) is 4.66. The van der Waals surface area contributed by atoms with Gasteiger partial charge in [0.15, 0.2) is 0 Å². The van der Waals surface area contributed by atoms with Gasteiger partial charge in [0, 0.05) is 26.1 Å². The monoisotopic (exact) mass is 349 g/mol. The highest BCUT2D eigenvalue weighted by Crippen LogP contribution is 2.24. The lowest BCUT2D eigenvalue weighted by Crippen LogP contribution is -2.57. The Balaban J connectivity index is 1.44. The third-order valence-corrected chi connectivity index (χ3v) is 4.66. The fraction of sp³-hybridized carbons (Fsp3) is 0.556. The first kappa shape index (κ1) is 17.7. The molecule has 0 radical (unpaired) electrons. The molecule has 2 fully saturated rings. The van der Waals surface area contributed by atoms with Crippen molar-refractivity contribution in [2.24, 2.45) is 5.92 Å². The molecule has 0 aromatic heterocycles. The molecule has 2 amide bonds. The molecule has 1 aromatic rings. The summed E-state index contributed by atoms with van der Waals surface area (Å²) in [5.74, 6) is 0.132. The molecule has 25 heavy (non-hydrogen) atoms. The number of hydrogen-bond acceptors (Lipinski definition) is 4. The number of likely N-dealkylation sites (N-methyl/N-ethyl adjacent to an activating group) is 1. The fourth-order valence-corrected chi connectivity index (χ4v) is 3.13. The van der Waals surface area contributed by atoms with Crippen LogP contribution in [0.2, 0.25) is 0 Å². The van der Waals surface area contributed by atoms with Crippen molar-refractivity contribution in [2.45, 2.75) is 12.5 Å². The van der Waals surface area contributed by atoms with Crippen molar-refractivity contribution in [3.63, 3.8) is 0 Å². The molecule has 1 aromatic carbocycles. The minimum absolute atomic E-state index is 0.0275. The van der Waals surface area contributed by atoms with Crippen LogP contribution in [-0.2, 0) is 9.59 Å². The van der Waals surface area contributed by atoms with Gasteiger partial charge in [-0.25, -0.2) is 4.39 Å². The quantitative estimate of drug-likeness (QED) is 0.763. The van der Waals surface area contributed by atoms with Crippen molar-refractivity contribution in [1.29, 1.82) is 0 Å². The van der Waals surface area contributed by atoms with Crippen LogP contribution in [0.3, 0.4) is 0 Å². The second-order valence-electron chi connectivity index (χ2n) is 6.98. The van der Waals surface area contributed by atoms with Gasteiger partial charge in [0.05, 0.1) is 19.0 Å². The predicted molar refractivity (Wildman–Crippen MR) is 90.6 cm³/mol. The lowest BCUT2D eigenvalue weighted by molar-refractivity contribution is -0.144. The van der Waals surface area contributed by atoms with Gasteiger partial charge in [0.25, 0.3) is 0 Å². The number of halogens is 1. The van der Waals surface area contributed by atoms with E-state index >= 15 is 0 Å². The van der Waals surface area contributed by atoms with Gasteiger partial charge in [0.2, 0.25) is 11.8 Å². The van der Waals surface area contributed by atoms with E-state index in [0.29, 0.717) is 38.3 Å². The van der Waals surface area contributed by atoms with Crippen LogP contribution in [-0.4, -0.2) is 79.4 Å². The molecule has 2 aliphatic rings. The molecule has 1 atom stereocenters. The molecule has 0 N–H and O–H groups in total. The van der Waals surface area contributed by atoms with Crippen molar-refractivity contribution >= 4 is 11.8 Å². The van der Waals surface area contributed by atoms with E-state index in [-0.39, 0.29) is 29.7 Å². The third kappa shape index (κ3) is 4.28. The Morgan fingerprint density at radius 1 is 1.24 bits per heavy atom. The van der Waals surface area contributed by atoms with E-state index in [9.17, 15) is 14.0 Å². The van der Waals surface area contributed by atoms with E-state index in [2.05, 4.69) is 0 Å². The molecule has 2 aliphatic heterocycles. The lowest BCUT2D eigenvalue weighted by Gasteiger charge is -2.40. The van der Waals surface area contributed by atoms with Gasteiger partial charge >= 0.3 is 0 Å². The highest BCUT2D eigenvalue weighted by atomic mass is 19.1. The summed E-state index contributed by atoms with van der Waals surface area (Å²) in [4.78, 5) is 30.1. The predicted octanol–water partition coefficient (Wildman–Crippen LogP) is 0.825. The first-order chi connectivity index (χ1) is 11.9. The van der Waals surface area contributed by atoms with Gasteiger partial charge < -0.3 is 19.4 Å². The Hall–Kier alpha value is -2.15. The van der Waals surface area contributed by atoms with Crippen LogP contribution in [0.25, 0.3) is 0 Å². The molecule has 0 aliphatic carbocycles. The molecule has 1 unspecified atom stereocenters. The Morgan fingerprint density at radius 2 is 1.92 bits per heavy atom. The summed E-state index contributed by atoms with van der Waals surface area (Å²) >= 11 is 0. The number of carbonyl (C=O) groups excluding carboxylic acids is 2. The number of ether oxygens (including phenoxy) is 1. The number of nitrogens with zero attached hydrogens (tertiary/aromatic N) is 3. The molecule has 0 saturated carbocycles. The summed E-state index contributed by atoms with van der Waals surface area (Å²) in [5, 5.41) is 0. The number of benzene rings is 1. The molecule has 7 heteroatoms. The van der Waals surface area contributed by atoms with Gasteiger partial charge in [-0.15, -0.1) is 0 Å². The van der Waals surface area contributed by atoms with Crippen molar-refractivity contribution < 1.29 is 18.7 Å². The van der Waals surface area contributed by atoms with E-state index < -0.39 is 0 Å². The summed E-state index contributed by atoms with van der Waals surface area (Å²) in [6.45, 7) is 2.98. The molecule has 3 rings (SSSR count). The molecule has 2 heterocycles. The first-order valence-electron chi connectivity index (χ1n) is 8.56. The van der Waals surface area contributed by atoms with Gasteiger partial charge in [0.1, 0.15) is 17.7 Å². The number of likely N-dealkylation sites (tertiary alicyclic amines) is 2. The SMILES string of the molecule is CN(C)CCN1CC(C(=O)N2CC(Oc3ccc(F)cc3)C2)CC1=O. The van der Waals surface area contributed by atoms with Crippen LogP contribution in [0.4, 0.5) is 4.39 Å². The fourth-order valence-electron chi connectivity index (χ4n) is 3.13. The topological polar surface area (TPSA) is 53.1 Å². The smallest absolute Gasteiger partial charge is 0.228 e. The zero-order valence-corrected chi connectivity index (χ0v) is 14.7. The molecule has 0 spiro atoms.